The first kappa shape index (κ1) is 26.6. The number of benzene rings is 7. The zero-order valence-corrected chi connectivity index (χ0v) is 26.9. The zero-order valence-electron chi connectivity index (χ0n) is 25.2. The van der Waals surface area contributed by atoms with Crippen molar-refractivity contribution < 1.29 is 0 Å². The molecule has 0 aliphatic rings. The first-order valence-electron chi connectivity index (χ1n) is 15.7. The molecule has 0 fully saturated rings. The smallest absolute Gasteiger partial charge is 0.0440 e. The van der Waals surface area contributed by atoms with Gasteiger partial charge in [-0.2, -0.15) is 0 Å². The summed E-state index contributed by atoms with van der Waals surface area (Å²) in [5.74, 6) is 0. The average molecular weight is 611 g/mol. The fourth-order valence-electron chi connectivity index (χ4n) is 7.37. The van der Waals surface area contributed by atoms with Crippen LogP contribution in [0.2, 0.25) is 0 Å². The van der Waals surface area contributed by atoms with E-state index >= 15 is 0 Å². The molecule has 9 rings (SSSR count). The molecule has 0 radical (unpaired) electrons. The molecule has 0 saturated carbocycles. The number of thiophene rings is 2. The lowest BCUT2D eigenvalue weighted by Gasteiger charge is -2.13. The minimum Gasteiger partial charge on any atom is -0.140 e. The van der Waals surface area contributed by atoms with Gasteiger partial charge in [0.05, 0.1) is 0 Å². The Morgan fingerprint density at radius 1 is 0.511 bits per heavy atom. The molecular formula is C43H30S2. The second kappa shape index (κ2) is 10.4. The van der Waals surface area contributed by atoms with Crippen LogP contribution in [0.1, 0.15) is 24.3 Å². The monoisotopic (exact) mass is 610 g/mol. The average Bonchev–Trinajstić information content (AvgIpc) is 3.67. The molecule has 2 heterocycles. The molecule has 0 amide bonds. The van der Waals surface area contributed by atoms with Gasteiger partial charge in [0.25, 0.3) is 0 Å². The number of allylic oxidation sites excluding steroid dienone is 1. The molecule has 0 bridgehead atoms. The van der Waals surface area contributed by atoms with Crippen LogP contribution in [0.5, 0.6) is 0 Å². The molecule has 0 spiro atoms. The van der Waals surface area contributed by atoms with Crippen molar-refractivity contribution in [1.29, 1.82) is 0 Å². The van der Waals surface area contributed by atoms with Crippen molar-refractivity contribution in [3.63, 3.8) is 0 Å². The second-order valence-corrected chi connectivity index (χ2v) is 13.9. The SMILES string of the molecule is C/C=C\c1c(CC)sc2ccc(-c3ccc(-c4cccc5c4sc4c6ccccc6c6ccccc6c54)c4ccccc34)cc12. The van der Waals surface area contributed by atoms with E-state index in [1.165, 1.54) is 95.3 Å². The van der Waals surface area contributed by atoms with Crippen LogP contribution in [0, 0.1) is 0 Å². The molecule has 0 aliphatic heterocycles. The van der Waals surface area contributed by atoms with E-state index in [2.05, 4.69) is 147 Å². The van der Waals surface area contributed by atoms with Gasteiger partial charge in [-0.15, -0.1) is 22.7 Å². The van der Waals surface area contributed by atoms with Crippen molar-refractivity contribution in [2.75, 3.05) is 0 Å². The lowest BCUT2D eigenvalue weighted by Crippen LogP contribution is -1.87. The maximum atomic E-state index is 2.41. The summed E-state index contributed by atoms with van der Waals surface area (Å²) in [5, 5.41) is 12.0. The summed E-state index contributed by atoms with van der Waals surface area (Å²) in [6.07, 6.45) is 5.50. The minimum absolute atomic E-state index is 1.06. The van der Waals surface area contributed by atoms with Crippen LogP contribution in [0.4, 0.5) is 0 Å². The highest BCUT2D eigenvalue weighted by Gasteiger charge is 2.18. The van der Waals surface area contributed by atoms with Crippen LogP contribution in [0.3, 0.4) is 0 Å². The van der Waals surface area contributed by atoms with Gasteiger partial charge in [0, 0.05) is 46.1 Å². The molecule has 214 valence electrons. The van der Waals surface area contributed by atoms with Crippen molar-refractivity contribution in [2.24, 2.45) is 0 Å². The zero-order chi connectivity index (χ0) is 30.1. The largest absolute Gasteiger partial charge is 0.140 e. The molecule has 0 atom stereocenters. The van der Waals surface area contributed by atoms with Crippen molar-refractivity contribution in [1.82, 2.24) is 0 Å². The molecule has 0 saturated heterocycles. The normalized spacial score (nSPS) is 12.2. The van der Waals surface area contributed by atoms with Gasteiger partial charge in [0.15, 0.2) is 0 Å². The Labute approximate surface area is 270 Å². The molecule has 7 aromatic carbocycles. The van der Waals surface area contributed by atoms with Gasteiger partial charge < -0.3 is 0 Å². The van der Waals surface area contributed by atoms with E-state index in [0.29, 0.717) is 0 Å². The minimum atomic E-state index is 1.06. The van der Waals surface area contributed by atoms with Gasteiger partial charge in [-0.3, -0.25) is 0 Å². The maximum Gasteiger partial charge on any atom is 0.0440 e. The summed E-state index contributed by atoms with van der Waals surface area (Å²) >= 11 is 3.87. The maximum absolute atomic E-state index is 2.41. The third-order valence-corrected chi connectivity index (χ3v) is 12.0. The highest BCUT2D eigenvalue weighted by atomic mass is 32.1. The standard InChI is InChI=1S/C43H30S2/c1-3-12-33-38-25-26(21-24-40(38)44-39(33)4-2)27-22-23-32(29-14-6-5-13-28(27)29)35-19-11-20-37-41-34-17-9-7-15-30(34)31-16-8-10-18-36(31)43(41)45-42(35)37/h3,5-25H,4H2,1-2H3/b12-3-. The Hall–Kier alpha value is -4.76. The van der Waals surface area contributed by atoms with Crippen molar-refractivity contribution >= 4 is 91.3 Å². The van der Waals surface area contributed by atoms with Crippen molar-refractivity contribution in [2.45, 2.75) is 20.3 Å². The van der Waals surface area contributed by atoms with Crippen molar-refractivity contribution in [3.05, 3.63) is 138 Å². The fraction of sp³-hybridized carbons (Fsp3) is 0.0698. The van der Waals surface area contributed by atoms with E-state index in [9.17, 15) is 0 Å². The third-order valence-electron chi connectivity index (χ3n) is 9.36. The molecule has 2 aromatic heterocycles. The third kappa shape index (κ3) is 3.96. The van der Waals surface area contributed by atoms with Crippen LogP contribution in [-0.2, 0) is 6.42 Å². The fourth-order valence-corrected chi connectivity index (χ4v) is 9.87. The summed E-state index contributed by atoms with van der Waals surface area (Å²) in [6, 6.07) is 45.4. The number of hydrogen-bond acceptors (Lipinski definition) is 2. The van der Waals surface area contributed by atoms with Gasteiger partial charge in [-0.05, 0) is 74.7 Å². The summed E-state index contributed by atoms with van der Waals surface area (Å²) in [7, 11) is 0. The highest BCUT2D eigenvalue weighted by molar-refractivity contribution is 7.27. The summed E-state index contributed by atoms with van der Waals surface area (Å²) < 4.78 is 4.09. The van der Waals surface area contributed by atoms with E-state index in [4.69, 9.17) is 0 Å². The van der Waals surface area contributed by atoms with Gasteiger partial charge in [0.1, 0.15) is 0 Å². The quantitative estimate of drug-likeness (QED) is 0.174. The van der Waals surface area contributed by atoms with Crippen LogP contribution >= 0.6 is 22.7 Å². The first-order valence-corrected chi connectivity index (χ1v) is 17.3. The van der Waals surface area contributed by atoms with E-state index in [-0.39, 0.29) is 0 Å². The highest BCUT2D eigenvalue weighted by Crippen LogP contribution is 2.48. The molecule has 0 N–H and O–H groups in total. The lowest BCUT2D eigenvalue weighted by atomic mass is 9.90. The first-order chi connectivity index (χ1) is 22.2. The molecular weight excluding hydrogens is 581 g/mol. The Kier molecular flexibility index (Phi) is 6.16. The van der Waals surface area contributed by atoms with Gasteiger partial charge in [-0.25, -0.2) is 0 Å². The molecule has 0 unspecified atom stereocenters. The molecule has 45 heavy (non-hydrogen) atoms. The van der Waals surface area contributed by atoms with Gasteiger partial charge >= 0.3 is 0 Å². The summed E-state index contributed by atoms with van der Waals surface area (Å²) in [5.41, 5.74) is 6.53. The Morgan fingerprint density at radius 2 is 1.16 bits per heavy atom. The van der Waals surface area contributed by atoms with E-state index in [1.807, 2.05) is 22.7 Å². The van der Waals surface area contributed by atoms with E-state index in [0.717, 1.165) is 6.42 Å². The van der Waals surface area contributed by atoms with E-state index in [1.54, 1.807) is 0 Å². The van der Waals surface area contributed by atoms with Crippen LogP contribution in [0.25, 0.3) is 90.9 Å². The Balaban J connectivity index is 1.30. The Bertz CT molecular complexity index is 2640. The molecule has 0 nitrogen and oxygen atoms in total. The molecule has 0 aliphatic carbocycles. The second-order valence-electron chi connectivity index (χ2n) is 11.8. The molecule has 2 heteroatoms. The van der Waals surface area contributed by atoms with E-state index < -0.39 is 0 Å². The number of aryl methyl sites for hydroxylation is 1. The molecule has 9 aromatic rings. The van der Waals surface area contributed by atoms with Crippen molar-refractivity contribution in [3.8, 4) is 22.3 Å². The topological polar surface area (TPSA) is 0 Å². The number of hydrogen-bond donors (Lipinski definition) is 0. The number of rotatable bonds is 4. The summed E-state index contributed by atoms with van der Waals surface area (Å²) in [6.45, 7) is 4.37. The van der Waals surface area contributed by atoms with Crippen LogP contribution in [0.15, 0.2) is 127 Å². The summed E-state index contributed by atoms with van der Waals surface area (Å²) in [4.78, 5) is 1.46. The Morgan fingerprint density at radius 3 is 1.91 bits per heavy atom. The van der Waals surface area contributed by atoms with Crippen LogP contribution in [-0.4, -0.2) is 0 Å². The number of fused-ring (bicyclic) bond motifs is 10. The van der Waals surface area contributed by atoms with Crippen LogP contribution < -0.4 is 0 Å². The van der Waals surface area contributed by atoms with Gasteiger partial charge in [0.2, 0.25) is 0 Å². The predicted octanol–water partition coefficient (Wildman–Crippen LogP) is 13.7. The lowest BCUT2D eigenvalue weighted by molar-refractivity contribution is 1.18. The van der Waals surface area contributed by atoms with Gasteiger partial charge in [-0.1, -0.05) is 128 Å². The predicted molar refractivity (Wildman–Crippen MR) is 202 cm³/mol.